The predicted molar refractivity (Wildman–Crippen MR) is 65.4 cm³/mol. The molecule has 0 aromatic carbocycles. The highest BCUT2D eigenvalue weighted by molar-refractivity contribution is 5.09. The second kappa shape index (κ2) is 5.54. The van der Waals surface area contributed by atoms with E-state index in [9.17, 15) is 0 Å². The van der Waals surface area contributed by atoms with E-state index >= 15 is 0 Å². The van der Waals surface area contributed by atoms with Crippen LogP contribution in [0.4, 0.5) is 0 Å². The van der Waals surface area contributed by atoms with E-state index in [4.69, 9.17) is 0 Å². The Morgan fingerprint density at radius 1 is 1.47 bits per heavy atom. The highest BCUT2D eigenvalue weighted by Crippen LogP contribution is 2.01. The zero-order chi connectivity index (χ0) is 12.1. The van der Waals surface area contributed by atoms with Crippen molar-refractivity contribution in [3.05, 3.63) is 41.7 Å². The number of nitrogens with one attached hydrogen (secondary N) is 2. The summed E-state index contributed by atoms with van der Waals surface area (Å²) in [6.45, 7) is 4.73. The molecule has 1 atom stereocenters. The number of rotatable bonds is 5. The van der Waals surface area contributed by atoms with Crippen LogP contribution in [-0.4, -0.2) is 26.2 Å². The van der Waals surface area contributed by atoms with Gasteiger partial charge < -0.3 is 5.32 Å². The predicted octanol–water partition coefficient (Wildman–Crippen LogP) is 1.23. The van der Waals surface area contributed by atoms with Crippen molar-refractivity contribution in [1.82, 2.24) is 25.5 Å². The van der Waals surface area contributed by atoms with Gasteiger partial charge in [-0.25, -0.2) is 4.98 Å². The Balaban J connectivity index is 1.80. The molecule has 2 N–H and O–H groups in total. The lowest BCUT2D eigenvalue weighted by Crippen LogP contribution is -2.28. The Bertz CT molecular complexity index is 451. The first-order valence-corrected chi connectivity index (χ1v) is 5.74. The first-order chi connectivity index (χ1) is 8.24. The highest BCUT2D eigenvalue weighted by Gasteiger charge is 2.05. The van der Waals surface area contributed by atoms with Gasteiger partial charge in [-0.15, -0.1) is 0 Å². The van der Waals surface area contributed by atoms with Crippen molar-refractivity contribution in [2.24, 2.45) is 0 Å². The van der Waals surface area contributed by atoms with Gasteiger partial charge in [-0.3, -0.25) is 10.1 Å². The molecule has 0 amide bonds. The van der Waals surface area contributed by atoms with E-state index in [1.807, 2.05) is 19.2 Å². The maximum absolute atomic E-state index is 4.25. The molecule has 0 radical (unpaired) electrons. The summed E-state index contributed by atoms with van der Waals surface area (Å²) >= 11 is 0. The van der Waals surface area contributed by atoms with Crippen LogP contribution in [0.5, 0.6) is 0 Å². The SMILES string of the molecule is Cc1nc(CNC(C)Cc2cccnc2)n[nH]1. The van der Waals surface area contributed by atoms with Crippen molar-refractivity contribution in [3.63, 3.8) is 0 Å². The highest BCUT2D eigenvalue weighted by atomic mass is 15.2. The van der Waals surface area contributed by atoms with E-state index in [-0.39, 0.29) is 0 Å². The standard InChI is InChI=1S/C12H17N5/c1-9(6-11-4-3-5-13-7-11)14-8-12-15-10(2)16-17-12/h3-5,7,9,14H,6,8H2,1-2H3,(H,15,16,17). The smallest absolute Gasteiger partial charge is 0.164 e. The molecule has 5 nitrogen and oxygen atoms in total. The summed E-state index contributed by atoms with van der Waals surface area (Å²) in [5.41, 5.74) is 1.23. The maximum atomic E-state index is 4.25. The lowest BCUT2D eigenvalue weighted by Gasteiger charge is -2.11. The van der Waals surface area contributed by atoms with Gasteiger partial charge in [0.25, 0.3) is 0 Å². The van der Waals surface area contributed by atoms with Crippen LogP contribution in [-0.2, 0) is 13.0 Å². The van der Waals surface area contributed by atoms with Crippen molar-refractivity contribution >= 4 is 0 Å². The normalized spacial score (nSPS) is 12.6. The number of aryl methyl sites for hydroxylation is 1. The van der Waals surface area contributed by atoms with Crippen LogP contribution in [0.3, 0.4) is 0 Å². The summed E-state index contributed by atoms with van der Waals surface area (Å²) in [6, 6.07) is 4.42. The summed E-state index contributed by atoms with van der Waals surface area (Å²) in [5, 5.41) is 10.3. The Labute approximate surface area is 101 Å². The number of aromatic nitrogens is 4. The Morgan fingerprint density at radius 3 is 3.00 bits per heavy atom. The molecule has 0 fully saturated rings. The molecule has 0 aliphatic carbocycles. The van der Waals surface area contributed by atoms with Gasteiger partial charge in [-0.2, -0.15) is 5.10 Å². The summed E-state index contributed by atoms with van der Waals surface area (Å²) in [5.74, 6) is 1.65. The van der Waals surface area contributed by atoms with Crippen LogP contribution >= 0.6 is 0 Å². The van der Waals surface area contributed by atoms with E-state index < -0.39 is 0 Å². The lowest BCUT2D eigenvalue weighted by atomic mass is 10.1. The number of hydrogen-bond donors (Lipinski definition) is 2. The van der Waals surface area contributed by atoms with E-state index in [0.29, 0.717) is 12.6 Å². The quantitative estimate of drug-likeness (QED) is 0.812. The third kappa shape index (κ3) is 3.64. The molecule has 2 aromatic heterocycles. The number of hydrogen-bond acceptors (Lipinski definition) is 4. The van der Waals surface area contributed by atoms with Crippen LogP contribution in [0, 0.1) is 6.92 Å². The van der Waals surface area contributed by atoms with E-state index in [0.717, 1.165) is 18.1 Å². The van der Waals surface area contributed by atoms with Crippen molar-refractivity contribution in [1.29, 1.82) is 0 Å². The number of H-pyrrole nitrogens is 1. The molecule has 5 heteroatoms. The molecule has 0 saturated heterocycles. The Kier molecular flexibility index (Phi) is 3.82. The average Bonchev–Trinajstić information content (AvgIpc) is 2.74. The lowest BCUT2D eigenvalue weighted by molar-refractivity contribution is 0.533. The molecule has 0 bridgehead atoms. The third-order valence-corrected chi connectivity index (χ3v) is 2.52. The number of pyridine rings is 1. The Hall–Kier alpha value is -1.75. The zero-order valence-electron chi connectivity index (χ0n) is 10.1. The largest absolute Gasteiger partial charge is 0.307 e. The average molecular weight is 231 g/mol. The van der Waals surface area contributed by atoms with Crippen LogP contribution in [0.25, 0.3) is 0 Å². The summed E-state index contributed by atoms with van der Waals surface area (Å²) in [4.78, 5) is 8.35. The van der Waals surface area contributed by atoms with Gasteiger partial charge in [-0.1, -0.05) is 6.07 Å². The molecule has 0 saturated carbocycles. The van der Waals surface area contributed by atoms with Crippen molar-refractivity contribution in [2.75, 3.05) is 0 Å². The number of nitrogens with zero attached hydrogens (tertiary/aromatic N) is 3. The van der Waals surface area contributed by atoms with E-state index in [1.54, 1.807) is 6.20 Å². The Morgan fingerprint density at radius 2 is 2.35 bits per heavy atom. The number of aromatic amines is 1. The monoisotopic (exact) mass is 231 g/mol. The van der Waals surface area contributed by atoms with Gasteiger partial charge in [0, 0.05) is 18.4 Å². The second-order valence-electron chi connectivity index (χ2n) is 4.18. The minimum atomic E-state index is 0.373. The van der Waals surface area contributed by atoms with E-state index in [1.165, 1.54) is 5.56 Å². The molecule has 0 spiro atoms. The summed E-state index contributed by atoms with van der Waals surface area (Å²) in [7, 11) is 0. The fraction of sp³-hybridized carbons (Fsp3) is 0.417. The molecule has 90 valence electrons. The van der Waals surface area contributed by atoms with Gasteiger partial charge in [0.2, 0.25) is 0 Å². The summed E-state index contributed by atoms with van der Waals surface area (Å²) in [6.07, 6.45) is 4.64. The van der Waals surface area contributed by atoms with Crippen LogP contribution in [0.2, 0.25) is 0 Å². The topological polar surface area (TPSA) is 66.5 Å². The first kappa shape index (κ1) is 11.7. The van der Waals surface area contributed by atoms with Gasteiger partial charge in [0.1, 0.15) is 5.82 Å². The molecule has 2 aromatic rings. The second-order valence-corrected chi connectivity index (χ2v) is 4.18. The third-order valence-electron chi connectivity index (χ3n) is 2.52. The molecule has 2 heterocycles. The first-order valence-electron chi connectivity index (χ1n) is 5.74. The van der Waals surface area contributed by atoms with Gasteiger partial charge in [-0.05, 0) is 31.9 Å². The van der Waals surface area contributed by atoms with Crippen LogP contribution < -0.4 is 5.32 Å². The minimum absolute atomic E-state index is 0.373. The molecular weight excluding hydrogens is 214 g/mol. The fourth-order valence-corrected chi connectivity index (χ4v) is 1.68. The minimum Gasteiger partial charge on any atom is -0.307 e. The zero-order valence-corrected chi connectivity index (χ0v) is 10.1. The van der Waals surface area contributed by atoms with E-state index in [2.05, 4.69) is 38.5 Å². The van der Waals surface area contributed by atoms with Crippen LogP contribution in [0.15, 0.2) is 24.5 Å². The van der Waals surface area contributed by atoms with Crippen molar-refractivity contribution in [2.45, 2.75) is 32.9 Å². The summed E-state index contributed by atoms with van der Waals surface area (Å²) < 4.78 is 0. The molecule has 17 heavy (non-hydrogen) atoms. The van der Waals surface area contributed by atoms with Gasteiger partial charge >= 0.3 is 0 Å². The molecule has 0 aliphatic rings. The van der Waals surface area contributed by atoms with Gasteiger partial charge in [0.05, 0.1) is 6.54 Å². The van der Waals surface area contributed by atoms with Crippen molar-refractivity contribution < 1.29 is 0 Å². The molecule has 2 rings (SSSR count). The van der Waals surface area contributed by atoms with Crippen LogP contribution in [0.1, 0.15) is 24.1 Å². The van der Waals surface area contributed by atoms with Crippen molar-refractivity contribution in [3.8, 4) is 0 Å². The molecular formula is C12H17N5. The molecule has 0 aliphatic heterocycles. The van der Waals surface area contributed by atoms with Gasteiger partial charge in [0.15, 0.2) is 5.82 Å². The fourth-order valence-electron chi connectivity index (χ4n) is 1.68. The maximum Gasteiger partial charge on any atom is 0.164 e. The molecule has 1 unspecified atom stereocenters.